The number of fused-ring (bicyclic) bond motifs is 1. The summed E-state index contributed by atoms with van der Waals surface area (Å²) in [7, 11) is 0. The van der Waals surface area contributed by atoms with Crippen molar-refractivity contribution in [2.45, 2.75) is 0 Å². The lowest BCUT2D eigenvalue weighted by Gasteiger charge is -1.98. The summed E-state index contributed by atoms with van der Waals surface area (Å²) in [5.41, 5.74) is 5.94. The van der Waals surface area contributed by atoms with Crippen molar-refractivity contribution in [3.05, 3.63) is 65.0 Å². The molecule has 0 spiro atoms. The van der Waals surface area contributed by atoms with Crippen LogP contribution in [0.25, 0.3) is 11.0 Å². The number of hydrogen-bond donors (Lipinski definition) is 3. The van der Waals surface area contributed by atoms with Crippen LogP contribution in [0.4, 0.5) is 5.69 Å². The topological polar surface area (TPSA) is 96.7 Å². The van der Waals surface area contributed by atoms with Gasteiger partial charge in [-0.1, -0.05) is 18.2 Å². The Kier molecular flexibility index (Phi) is 3.91. The van der Waals surface area contributed by atoms with E-state index in [1.54, 1.807) is 0 Å². The second kappa shape index (κ2) is 5.79. The Labute approximate surface area is 114 Å². The van der Waals surface area contributed by atoms with Crippen molar-refractivity contribution < 1.29 is 14.6 Å². The van der Waals surface area contributed by atoms with E-state index in [2.05, 4.69) is 0 Å². The number of anilines is 1. The quantitative estimate of drug-likeness (QED) is 0.331. The van der Waals surface area contributed by atoms with Crippen LogP contribution in [-0.2, 0) is 0 Å². The summed E-state index contributed by atoms with van der Waals surface area (Å²) in [5, 5.41) is 18.8. The lowest BCUT2D eigenvalue weighted by molar-refractivity contribution is 0.403. The molecule has 0 amide bonds. The van der Waals surface area contributed by atoms with Crippen molar-refractivity contribution in [1.29, 1.82) is 0 Å². The molecule has 0 aliphatic heterocycles. The lowest BCUT2D eigenvalue weighted by atomic mass is 10.2. The first kappa shape index (κ1) is 13.5. The molecule has 0 bridgehead atoms. The van der Waals surface area contributed by atoms with E-state index in [4.69, 9.17) is 20.4 Å². The second-order valence-electron chi connectivity index (χ2n) is 4.04. The fraction of sp³-hybridized carbons (Fsp3) is 0. The Hall–Kier alpha value is -2.95. The van der Waals surface area contributed by atoms with Crippen LogP contribution < -0.4 is 11.4 Å². The Morgan fingerprint density at radius 1 is 0.900 bits per heavy atom. The fourth-order valence-electron chi connectivity index (χ4n) is 1.55. The van der Waals surface area contributed by atoms with Gasteiger partial charge in [-0.25, -0.2) is 4.79 Å². The Morgan fingerprint density at radius 3 is 2.15 bits per heavy atom. The molecule has 0 unspecified atom stereocenters. The van der Waals surface area contributed by atoms with Crippen LogP contribution in [0.1, 0.15) is 0 Å². The van der Waals surface area contributed by atoms with Gasteiger partial charge in [-0.2, -0.15) is 0 Å². The van der Waals surface area contributed by atoms with Crippen molar-refractivity contribution in [2.24, 2.45) is 0 Å². The molecule has 4 N–H and O–H groups in total. The van der Waals surface area contributed by atoms with Crippen molar-refractivity contribution in [1.82, 2.24) is 0 Å². The van der Waals surface area contributed by atoms with E-state index in [1.165, 1.54) is 24.3 Å². The zero-order chi connectivity index (χ0) is 14.5. The first-order valence-corrected chi connectivity index (χ1v) is 5.82. The van der Waals surface area contributed by atoms with Gasteiger partial charge in [-0.3, -0.25) is 0 Å². The van der Waals surface area contributed by atoms with E-state index in [0.717, 1.165) is 5.69 Å². The van der Waals surface area contributed by atoms with Crippen LogP contribution in [0.15, 0.2) is 63.8 Å². The number of hydrogen-bond acceptors (Lipinski definition) is 5. The van der Waals surface area contributed by atoms with Crippen LogP contribution in [0, 0.1) is 0 Å². The third-order valence-electron chi connectivity index (χ3n) is 2.52. The maximum absolute atomic E-state index is 10.8. The van der Waals surface area contributed by atoms with Gasteiger partial charge in [0, 0.05) is 23.2 Å². The number of para-hydroxylation sites is 1. The number of aromatic hydroxyl groups is 2. The average molecular weight is 271 g/mol. The molecular formula is C15H13NO4. The molecule has 0 radical (unpaired) electrons. The monoisotopic (exact) mass is 271 g/mol. The van der Waals surface area contributed by atoms with E-state index in [9.17, 15) is 4.79 Å². The molecule has 5 nitrogen and oxygen atoms in total. The van der Waals surface area contributed by atoms with Crippen LogP contribution in [0.5, 0.6) is 11.5 Å². The molecule has 5 heteroatoms. The van der Waals surface area contributed by atoms with Gasteiger partial charge in [0.1, 0.15) is 5.58 Å². The smallest absolute Gasteiger partial charge is 0.336 e. The summed E-state index contributed by atoms with van der Waals surface area (Å²) >= 11 is 0. The molecule has 0 saturated heterocycles. The third kappa shape index (κ3) is 3.29. The van der Waals surface area contributed by atoms with Crippen molar-refractivity contribution in [3.63, 3.8) is 0 Å². The highest BCUT2D eigenvalue weighted by atomic mass is 16.4. The zero-order valence-corrected chi connectivity index (χ0v) is 10.5. The van der Waals surface area contributed by atoms with E-state index >= 15 is 0 Å². The first-order valence-electron chi connectivity index (χ1n) is 5.82. The fourth-order valence-corrected chi connectivity index (χ4v) is 1.55. The first-order chi connectivity index (χ1) is 9.56. The summed E-state index contributed by atoms with van der Waals surface area (Å²) < 4.78 is 4.77. The molecule has 0 saturated carbocycles. The summed E-state index contributed by atoms with van der Waals surface area (Å²) in [4.78, 5) is 10.8. The lowest BCUT2D eigenvalue weighted by Crippen LogP contribution is -1.93. The van der Waals surface area contributed by atoms with E-state index in [0.29, 0.717) is 5.39 Å². The summed E-state index contributed by atoms with van der Waals surface area (Å²) in [5.74, 6) is -0.539. The van der Waals surface area contributed by atoms with Gasteiger partial charge in [0.2, 0.25) is 0 Å². The molecule has 102 valence electrons. The van der Waals surface area contributed by atoms with E-state index in [-0.39, 0.29) is 17.1 Å². The molecule has 20 heavy (non-hydrogen) atoms. The highest BCUT2D eigenvalue weighted by Gasteiger charge is 2.03. The van der Waals surface area contributed by atoms with Gasteiger partial charge < -0.3 is 20.4 Å². The van der Waals surface area contributed by atoms with Gasteiger partial charge in [-0.05, 0) is 24.3 Å². The number of nitrogens with two attached hydrogens (primary N) is 1. The predicted molar refractivity (Wildman–Crippen MR) is 76.7 cm³/mol. The third-order valence-corrected chi connectivity index (χ3v) is 2.52. The maximum atomic E-state index is 10.8. The van der Waals surface area contributed by atoms with Gasteiger partial charge in [0.15, 0.2) is 11.5 Å². The molecule has 3 aromatic rings. The molecule has 3 rings (SSSR count). The largest absolute Gasteiger partial charge is 0.504 e. The highest BCUT2D eigenvalue weighted by molar-refractivity contribution is 5.80. The molecule has 1 aromatic heterocycles. The SMILES string of the molecule is Nc1ccccc1.O=c1ccc2cc(O)c(O)cc2o1. The van der Waals surface area contributed by atoms with E-state index in [1.807, 2.05) is 30.3 Å². The van der Waals surface area contributed by atoms with Crippen molar-refractivity contribution >= 4 is 16.7 Å². The second-order valence-corrected chi connectivity index (χ2v) is 4.04. The Morgan fingerprint density at radius 2 is 1.55 bits per heavy atom. The minimum atomic E-state index is -0.488. The number of phenols is 2. The van der Waals surface area contributed by atoms with Gasteiger partial charge in [0.05, 0.1) is 0 Å². The molecular weight excluding hydrogens is 258 g/mol. The number of nitrogen functional groups attached to an aromatic ring is 1. The van der Waals surface area contributed by atoms with Crippen LogP contribution in [-0.4, -0.2) is 10.2 Å². The summed E-state index contributed by atoms with van der Waals surface area (Å²) in [6.45, 7) is 0. The standard InChI is InChI=1S/C9H6O4.C6H7N/c10-6-3-5-1-2-9(12)13-8(5)4-7(6)11;7-6-4-2-1-3-5-6/h1-4,10-11H;1-5H,7H2. The zero-order valence-electron chi connectivity index (χ0n) is 10.5. The van der Waals surface area contributed by atoms with Crippen molar-refractivity contribution in [2.75, 3.05) is 5.73 Å². The molecule has 0 fully saturated rings. The number of benzene rings is 2. The van der Waals surface area contributed by atoms with E-state index < -0.39 is 5.63 Å². The molecule has 0 aliphatic carbocycles. The van der Waals surface area contributed by atoms with Crippen LogP contribution >= 0.6 is 0 Å². The van der Waals surface area contributed by atoms with Crippen LogP contribution in [0.2, 0.25) is 0 Å². The normalized spacial score (nSPS) is 9.80. The summed E-state index contributed by atoms with van der Waals surface area (Å²) in [6.07, 6.45) is 0. The minimum absolute atomic E-state index is 0.235. The minimum Gasteiger partial charge on any atom is -0.504 e. The number of rotatable bonds is 0. The van der Waals surface area contributed by atoms with Gasteiger partial charge >= 0.3 is 5.63 Å². The summed E-state index contributed by atoms with van der Waals surface area (Å²) in [6, 6.07) is 14.8. The van der Waals surface area contributed by atoms with Gasteiger partial charge in [0.25, 0.3) is 0 Å². The molecule has 0 aliphatic rings. The Balaban J connectivity index is 0.000000178. The van der Waals surface area contributed by atoms with Gasteiger partial charge in [-0.15, -0.1) is 0 Å². The molecule has 2 aromatic carbocycles. The maximum Gasteiger partial charge on any atom is 0.336 e. The predicted octanol–water partition coefficient (Wildman–Crippen LogP) is 2.47. The Bertz CT molecular complexity index is 766. The van der Waals surface area contributed by atoms with Crippen LogP contribution in [0.3, 0.4) is 0 Å². The van der Waals surface area contributed by atoms with Crippen molar-refractivity contribution in [3.8, 4) is 11.5 Å². The highest BCUT2D eigenvalue weighted by Crippen LogP contribution is 2.28. The average Bonchev–Trinajstić information content (AvgIpc) is 2.42. The molecule has 1 heterocycles. The molecule has 0 atom stereocenters. The number of phenolic OH excluding ortho intramolecular Hbond substituents is 2.